The molecule has 1 unspecified atom stereocenters. The topological polar surface area (TPSA) is 83.5 Å². The second-order valence-electron chi connectivity index (χ2n) is 9.32. The van der Waals surface area contributed by atoms with Crippen molar-refractivity contribution in [3.63, 3.8) is 0 Å². The van der Waals surface area contributed by atoms with E-state index in [-0.39, 0.29) is 24.2 Å². The van der Waals surface area contributed by atoms with E-state index in [1.54, 1.807) is 55.4 Å². The van der Waals surface area contributed by atoms with Crippen molar-refractivity contribution in [2.45, 2.75) is 74.3 Å². The Bertz CT molecular complexity index is 488. The van der Waals surface area contributed by atoms with Crippen LogP contribution in [0.3, 0.4) is 0 Å². The predicted molar refractivity (Wildman–Crippen MR) is 95.5 cm³/mol. The summed E-state index contributed by atoms with van der Waals surface area (Å²) in [5.41, 5.74) is -3.68. The third-order valence-electron chi connectivity index (χ3n) is 4.84. The molecule has 0 aromatic heterocycles. The first-order valence-corrected chi connectivity index (χ1v) is 8.51. The van der Waals surface area contributed by atoms with Gasteiger partial charge in [0, 0.05) is 28.7 Å². The molecule has 0 spiro atoms. The van der Waals surface area contributed by atoms with Crippen LogP contribution in [0.2, 0.25) is 0 Å². The van der Waals surface area contributed by atoms with Crippen molar-refractivity contribution in [1.29, 1.82) is 0 Å². The maximum atomic E-state index is 12.5. The van der Waals surface area contributed by atoms with Gasteiger partial charge in [0.15, 0.2) is 5.78 Å². The molecule has 5 nitrogen and oxygen atoms in total. The lowest BCUT2D eigenvalue weighted by Crippen LogP contribution is -2.56. The van der Waals surface area contributed by atoms with Gasteiger partial charge in [0.2, 0.25) is 5.91 Å². The van der Waals surface area contributed by atoms with Gasteiger partial charge >= 0.3 is 0 Å². The van der Waals surface area contributed by atoms with Crippen LogP contribution in [0.1, 0.15) is 68.7 Å². The van der Waals surface area contributed by atoms with E-state index in [0.29, 0.717) is 6.42 Å². The van der Waals surface area contributed by atoms with Crippen LogP contribution in [0.5, 0.6) is 0 Å². The summed E-state index contributed by atoms with van der Waals surface area (Å²) in [5.74, 6) is -0.735. The number of carbonyl (C=O) groups excluding carboxylic acids is 3. The summed E-state index contributed by atoms with van der Waals surface area (Å²) in [6.45, 7) is 15.9. The first kappa shape index (κ1) is 22.8. The van der Waals surface area contributed by atoms with Gasteiger partial charge in [-0.25, -0.2) is 0 Å². The molecule has 0 radical (unpaired) electrons. The van der Waals surface area contributed by atoms with Crippen molar-refractivity contribution in [3.8, 4) is 0 Å². The van der Waals surface area contributed by atoms with Gasteiger partial charge in [-0.05, 0) is 13.3 Å². The van der Waals surface area contributed by atoms with Crippen LogP contribution < -0.4 is 5.32 Å². The molecule has 0 aromatic carbocycles. The molecule has 5 heteroatoms. The Morgan fingerprint density at radius 3 is 1.88 bits per heavy atom. The highest BCUT2D eigenvalue weighted by Gasteiger charge is 2.46. The first-order valence-electron chi connectivity index (χ1n) is 8.51. The van der Waals surface area contributed by atoms with Crippen LogP contribution in [-0.4, -0.2) is 35.2 Å². The number of carbonyl (C=O) groups is 3. The van der Waals surface area contributed by atoms with Crippen LogP contribution in [0.4, 0.5) is 0 Å². The molecule has 0 bridgehead atoms. The quantitative estimate of drug-likeness (QED) is 0.632. The zero-order valence-corrected chi connectivity index (χ0v) is 16.7. The highest BCUT2D eigenvalue weighted by Crippen LogP contribution is 2.35. The van der Waals surface area contributed by atoms with E-state index >= 15 is 0 Å². The molecule has 1 atom stereocenters. The van der Waals surface area contributed by atoms with E-state index in [9.17, 15) is 19.5 Å². The van der Waals surface area contributed by atoms with E-state index in [1.807, 2.05) is 0 Å². The number of rotatable bonds is 9. The first-order chi connectivity index (χ1) is 10.5. The fraction of sp³-hybridized carbons (Fsp3) is 0.842. The number of aliphatic hydroxyl groups is 1. The third-order valence-corrected chi connectivity index (χ3v) is 4.84. The van der Waals surface area contributed by atoms with Gasteiger partial charge in [0.25, 0.3) is 0 Å². The Kier molecular flexibility index (Phi) is 6.96. The zero-order chi connectivity index (χ0) is 19.6. The Labute approximate surface area is 146 Å². The molecule has 1 amide bonds. The smallest absolute Gasteiger partial charge is 0.225 e. The molecule has 24 heavy (non-hydrogen) atoms. The number of aldehydes is 1. The molecule has 2 N–H and O–H groups in total. The molecule has 0 aliphatic carbocycles. The summed E-state index contributed by atoms with van der Waals surface area (Å²) in [6.07, 6.45) is 1.27. The largest absolute Gasteiger partial charge is 0.382 e. The second-order valence-corrected chi connectivity index (χ2v) is 9.32. The molecule has 0 heterocycles. The highest BCUT2D eigenvalue weighted by atomic mass is 16.3. The maximum absolute atomic E-state index is 12.5. The lowest BCUT2D eigenvalue weighted by molar-refractivity contribution is -0.152. The number of amides is 1. The Morgan fingerprint density at radius 1 is 1.04 bits per heavy atom. The van der Waals surface area contributed by atoms with E-state index in [2.05, 4.69) is 5.32 Å². The van der Waals surface area contributed by atoms with Gasteiger partial charge in [-0.3, -0.25) is 9.59 Å². The van der Waals surface area contributed by atoms with Gasteiger partial charge in [-0.15, -0.1) is 0 Å². The number of ketones is 1. The van der Waals surface area contributed by atoms with Crippen molar-refractivity contribution < 1.29 is 19.5 Å². The molecule has 0 aromatic rings. The summed E-state index contributed by atoms with van der Waals surface area (Å²) in [4.78, 5) is 35.9. The van der Waals surface area contributed by atoms with Crippen LogP contribution in [0.25, 0.3) is 0 Å². The summed E-state index contributed by atoms with van der Waals surface area (Å²) in [7, 11) is 0. The lowest BCUT2D eigenvalue weighted by Gasteiger charge is -2.40. The summed E-state index contributed by atoms with van der Waals surface area (Å²) >= 11 is 0. The van der Waals surface area contributed by atoms with Crippen LogP contribution in [0.15, 0.2) is 0 Å². The molecule has 0 aliphatic heterocycles. The lowest BCUT2D eigenvalue weighted by atomic mass is 9.70. The predicted octanol–water partition coefficient (Wildman–Crippen LogP) is 2.75. The summed E-state index contributed by atoms with van der Waals surface area (Å²) in [5, 5.41) is 13.5. The van der Waals surface area contributed by atoms with E-state index in [1.165, 1.54) is 6.92 Å². The average molecular weight is 341 g/mol. The number of hydrogen-bond donors (Lipinski definition) is 2. The van der Waals surface area contributed by atoms with Crippen molar-refractivity contribution >= 4 is 18.0 Å². The van der Waals surface area contributed by atoms with Crippen LogP contribution in [0, 0.1) is 22.2 Å². The minimum absolute atomic E-state index is 0.169. The number of hydrogen-bond acceptors (Lipinski definition) is 4. The SMILES string of the molecule is CC(C)C(=O)C(C)(O)C(C)(C)CNC(=O)C(C)(C)CC(C)(C)C=O. The Balaban J connectivity index is 5.08. The molecule has 0 saturated carbocycles. The number of Topliss-reactive ketones (excluding diaryl/α,β-unsaturated/α-hetero) is 1. The molecular formula is C19H35NO4. The molecule has 140 valence electrons. The van der Waals surface area contributed by atoms with Crippen LogP contribution >= 0.6 is 0 Å². The molecule has 0 aliphatic rings. The van der Waals surface area contributed by atoms with Gasteiger partial charge in [0.05, 0.1) is 0 Å². The highest BCUT2D eigenvalue weighted by molar-refractivity contribution is 5.89. The minimum Gasteiger partial charge on any atom is -0.382 e. The Hall–Kier alpha value is -1.23. The van der Waals surface area contributed by atoms with E-state index in [0.717, 1.165) is 6.29 Å². The van der Waals surface area contributed by atoms with E-state index < -0.39 is 21.8 Å². The number of nitrogens with one attached hydrogen (secondary N) is 1. The fourth-order valence-electron chi connectivity index (χ4n) is 2.87. The van der Waals surface area contributed by atoms with Crippen molar-refractivity contribution in [2.75, 3.05) is 6.54 Å². The van der Waals surface area contributed by atoms with Gasteiger partial charge in [0.1, 0.15) is 11.9 Å². The minimum atomic E-state index is -1.54. The fourth-order valence-corrected chi connectivity index (χ4v) is 2.87. The van der Waals surface area contributed by atoms with Crippen LogP contribution in [-0.2, 0) is 14.4 Å². The molecule has 0 saturated heterocycles. The van der Waals surface area contributed by atoms with Crippen molar-refractivity contribution in [1.82, 2.24) is 5.32 Å². The summed E-state index contributed by atoms with van der Waals surface area (Å²) < 4.78 is 0. The van der Waals surface area contributed by atoms with Gasteiger partial charge in [-0.1, -0.05) is 55.4 Å². The standard InChI is InChI=1S/C19H35NO4/c1-13(2)14(22)19(9,24)18(7,8)11-20-15(23)17(5,6)10-16(3,4)12-21/h12-13,24H,10-11H2,1-9H3,(H,20,23). The van der Waals surface area contributed by atoms with Gasteiger partial charge in [-0.2, -0.15) is 0 Å². The Morgan fingerprint density at radius 2 is 1.50 bits per heavy atom. The third kappa shape index (κ3) is 5.40. The maximum Gasteiger partial charge on any atom is 0.225 e. The second kappa shape index (κ2) is 7.34. The summed E-state index contributed by atoms with van der Waals surface area (Å²) in [6, 6.07) is 0. The normalized spacial score (nSPS) is 15.8. The van der Waals surface area contributed by atoms with Gasteiger partial charge < -0.3 is 15.2 Å². The molecule has 0 fully saturated rings. The van der Waals surface area contributed by atoms with Crippen molar-refractivity contribution in [2.24, 2.45) is 22.2 Å². The molecular weight excluding hydrogens is 306 g/mol. The van der Waals surface area contributed by atoms with E-state index in [4.69, 9.17) is 0 Å². The average Bonchev–Trinajstić information content (AvgIpc) is 2.42. The zero-order valence-electron chi connectivity index (χ0n) is 16.7. The monoisotopic (exact) mass is 341 g/mol. The molecule has 0 rings (SSSR count). The van der Waals surface area contributed by atoms with Crippen molar-refractivity contribution in [3.05, 3.63) is 0 Å².